The Morgan fingerprint density at radius 3 is 2.66 bits per heavy atom. The van der Waals surface area contributed by atoms with Gasteiger partial charge < -0.3 is 25.9 Å². The third kappa shape index (κ3) is 4.22. The standard InChI is InChI=1S/C18H16N4O4S2.Na/c19-18-20-11(7-28-18)10(6-9-4-2-1-3-5-9)14(23)21-13-15(24)22-12(17(25)26)8-27-16(13)22;/h1-7,12-13,16H,8H2,(H2,19,20)(H,21,23)(H,25,26);/q;+1/p-1/t12?,13?,16-;/m1./s1. The number of hydrogen-bond donors (Lipinski definition) is 2. The van der Waals surface area contributed by atoms with Crippen molar-refractivity contribution in [1.82, 2.24) is 15.2 Å². The van der Waals surface area contributed by atoms with Crippen LogP contribution in [0.4, 0.5) is 5.13 Å². The quantitative estimate of drug-likeness (QED) is 0.286. The molecule has 3 N–H and O–H groups in total. The Labute approximate surface area is 196 Å². The maximum absolute atomic E-state index is 12.9. The second kappa shape index (κ2) is 8.88. The Morgan fingerprint density at radius 1 is 1.31 bits per heavy atom. The van der Waals surface area contributed by atoms with E-state index in [2.05, 4.69) is 10.3 Å². The number of carboxylic acids is 1. The molecule has 1 aromatic heterocycles. The van der Waals surface area contributed by atoms with Crippen LogP contribution < -0.4 is 45.7 Å². The van der Waals surface area contributed by atoms with Gasteiger partial charge >= 0.3 is 29.6 Å². The van der Waals surface area contributed by atoms with E-state index in [4.69, 9.17) is 5.73 Å². The van der Waals surface area contributed by atoms with Crippen LogP contribution in [-0.2, 0) is 14.4 Å². The number of nitrogen functional groups attached to an aromatic ring is 1. The number of anilines is 1. The Hall–Kier alpha value is -1.85. The van der Waals surface area contributed by atoms with E-state index in [1.165, 1.54) is 28.0 Å². The predicted octanol–water partition coefficient (Wildman–Crippen LogP) is -3.21. The van der Waals surface area contributed by atoms with E-state index in [0.29, 0.717) is 10.8 Å². The van der Waals surface area contributed by atoms with Gasteiger partial charge in [-0.15, -0.1) is 23.1 Å². The molecule has 144 valence electrons. The number of aromatic nitrogens is 1. The number of rotatable bonds is 5. The number of amides is 2. The summed E-state index contributed by atoms with van der Waals surface area (Å²) in [6.45, 7) is 0. The normalized spacial score (nSPS) is 23.0. The van der Waals surface area contributed by atoms with E-state index in [1.54, 1.807) is 11.5 Å². The number of nitrogens with zero attached hydrogens (tertiary/aromatic N) is 2. The van der Waals surface area contributed by atoms with Crippen molar-refractivity contribution in [3.8, 4) is 0 Å². The molecule has 1 aromatic carbocycles. The topological polar surface area (TPSA) is 128 Å². The van der Waals surface area contributed by atoms with Gasteiger partial charge in [0.2, 0.25) is 5.91 Å². The van der Waals surface area contributed by atoms with E-state index in [9.17, 15) is 19.5 Å². The zero-order valence-electron chi connectivity index (χ0n) is 15.4. The monoisotopic (exact) mass is 438 g/mol. The number of aliphatic carboxylic acids is 1. The molecular weight excluding hydrogens is 423 g/mol. The van der Waals surface area contributed by atoms with E-state index in [1.807, 2.05) is 30.3 Å². The van der Waals surface area contributed by atoms with Gasteiger partial charge in [0.25, 0.3) is 5.91 Å². The minimum Gasteiger partial charge on any atom is -0.548 e. The molecule has 29 heavy (non-hydrogen) atoms. The van der Waals surface area contributed by atoms with Crippen LogP contribution in [0.25, 0.3) is 11.6 Å². The molecule has 2 saturated heterocycles. The van der Waals surface area contributed by atoms with Gasteiger partial charge in [0.05, 0.1) is 23.3 Å². The number of carbonyl (C=O) groups excluding carboxylic acids is 3. The van der Waals surface area contributed by atoms with Crippen LogP contribution in [0.15, 0.2) is 35.7 Å². The van der Waals surface area contributed by atoms with Crippen molar-refractivity contribution in [2.24, 2.45) is 0 Å². The van der Waals surface area contributed by atoms with E-state index >= 15 is 0 Å². The molecule has 0 spiro atoms. The second-order valence-corrected chi connectivity index (χ2v) is 8.33. The Balaban J connectivity index is 0.00000240. The fraction of sp³-hybridized carbons (Fsp3) is 0.222. The average Bonchev–Trinajstić information content (AvgIpc) is 3.29. The van der Waals surface area contributed by atoms with Gasteiger partial charge in [0, 0.05) is 11.1 Å². The fourth-order valence-corrected chi connectivity index (χ4v) is 5.21. The number of carboxylic acid groups (broad SMARTS) is 1. The molecule has 0 saturated carbocycles. The van der Waals surface area contributed by atoms with Crippen LogP contribution in [0.2, 0.25) is 0 Å². The number of hydrogen-bond acceptors (Lipinski definition) is 8. The van der Waals surface area contributed by atoms with Crippen molar-refractivity contribution >= 4 is 57.7 Å². The molecule has 3 heterocycles. The summed E-state index contributed by atoms with van der Waals surface area (Å²) in [7, 11) is 0. The number of thioether (sulfide) groups is 1. The molecule has 2 aliphatic heterocycles. The number of thiazole rings is 1. The minimum absolute atomic E-state index is 0. The smallest absolute Gasteiger partial charge is 0.548 e. The first-order valence-electron chi connectivity index (χ1n) is 8.39. The van der Waals surface area contributed by atoms with Crippen LogP contribution in [0.3, 0.4) is 0 Å². The second-order valence-electron chi connectivity index (χ2n) is 6.30. The van der Waals surface area contributed by atoms with Crippen LogP contribution in [0.1, 0.15) is 11.3 Å². The molecule has 8 nitrogen and oxygen atoms in total. The molecule has 2 aromatic rings. The van der Waals surface area contributed by atoms with Gasteiger partial charge in [-0.3, -0.25) is 9.59 Å². The van der Waals surface area contributed by atoms with E-state index in [0.717, 1.165) is 5.56 Å². The Morgan fingerprint density at radius 2 is 2.03 bits per heavy atom. The molecule has 0 bridgehead atoms. The Kier molecular flexibility index (Phi) is 6.69. The van der Waals surface area contributed by atoms with Crippen molar-refractivity contribution in [1.29, 1.82) is 0 Å². The number of β-lactam (4-membered cyclic amide) rings is 1. The number of benzene rings is 1. The number of nitrogens with two attached hydrogens (primary N) is 1. The van der Waals surface area contributed by atoms with Gasteiger partial charge in [-0.05, 0) is 11.6 Å². The van der Waals surface area contributed by atoms with Gasteiger partial charge in [0.1, 0.15) is 11.4 Å². The van der Waals surface area contributed by atoms with Gasteiger partial charge in [0.15, 0.2) is 5.13 Å². The van der Waals surface area contributed by atoms with Gasteiger partial charge in [-0.1, -0.05) is 30.3 Å². The number of fused-ring (bicyclic) bond motifs is 1. The zero-order chi connectivity index (χ0) is 19.8. The molecule has 0 radical (unpaired) electrons. The Bertz CT molecular complexity index is 981. The summed E-state index contributed by atoms with van der Waals surface area (Å²) in [6, 6.07) is 7.52. The number of nitrogens with one attached hydrogen (secondary N) is 1. The summed E-state index contributed by atoms with van der Waals surface area (Å²) < 4.78 is 0. The molecule has 3 atom stereocenters. The van der Waals surface area contributed by atoms with Crippen LogP contribution >= 0.6 is 23.1 Å². The maximum Gasteiger partial charge on any atom is 1.00 e. The largest absolute Gasteiger partial charge is 1.00 e. The summed E-state index contributed by atoms with van der Waals surface area (Å²) in [6.07, 6.45) is 1.68. The van der Waals surface area contributed by atoms with Crippen molar-refractivity contribution in [2.75, 3.05) is 11.5 Å². The zero-order valence-corrected chi connectivity index (χ0v) is 19.0. The van der Waals surface area contributed by atoms with Gasteiger partial charge in [-0.2, -0.15) is 0 Å². The van der Waals surface area contributed by atoms with Crippen molar-refractivity contribution in [3.63, 3.8) is 0 Å². The molecular formula is C18H15N4NaO4S2. The molecule has 2 aliphatic rings. The molecule has 2 unspecified atom stereocenters. The molecule has 2 fully saturated rings. The molecule has 11 heteroatoms. The summed E-state index contributed by atoms with van der Waals surface area (Å²) in [4.78, 5) is 41.9. The summed E-state index contributed by atoms with van der Waals surface area (Å²) in [5, 5.41) is 15.4. The summed E-state index contributed by atoms with van der Waals surface area (Å²) >= 11 is 2.53. The van der Waals surface area contributed by atoms with Crippen LogP contribution in [0.5, 0.6) is 0 Å². The van der Waals surface area contributed by atoms with Crippen molar-refractivity contribution in [3.05, 3.63) is 47.0 Å². The van der Waals surface area contributed by atoms with Gasteiger partial charge in [-0.25, -0.2) is 4.98 Å². The predicted molar refractivity (Wildman–Crippen MR) is 105 cm³/mol. The fourth-order valence-electron chi connectivity index (χ4n) is 3.18. The van der Waals surface area contributed by atoms with Crippen LogP contribution in [0, 0.1) is 0 Å². The molecule has 2 amide bonds. The summed E-state index contributed by atoms with van der Waals surface area (Å²) in [5.41, 5.74) is 7.20. The minimum atomic E-state index is -1.28. The molecule has 0 aliphatic carbocycles. The van der Waals surface area contributed by atoms with Crippen molar-refractivity contribution < 1.29 is 49.0 Å². The SMILES string of the molecule is Nc1nc(C(=Cc2ccccc2)C(=O)NC2C(=O)N3C(C(=O)[O-])CS[C@H]23)cs1.[Na+]. The first-order chi connectivity index (χ1) is 13.5. The van der Waals surface area contributed by atoms with E-state index in [-0.39, 0.29) is 40.9 Å². The number of carbonyl (C=O) groups is 3. The van der Waals surface area contributed by atoms with Crippen LogP contribution in [-0.4, -0.2) is 50.9 Å². The first kappa shape index (κ1) is 21.8. The average molecular weight is 438 g/mol. The van der Waals surface area contributed by atoms with E-state index < -0.39 is 35.2 Å². The molecule has 4 rings (SSSR count). The van der Waals surface area contributed by atoms with Crippen molar-refractivity contribution in [2.45, 2.75) is 17.5 Å². The maximum atomic E-state index is 12.9. The summed E-state index contributed by atoms with van der Waals surface area (Å²) in [5.74, 6) is -1.92. The third-order valence-corrected chi connectivity index (χ3v) is 6.58. The first-order valence-corrected chi connectivity index (χ1v) is 10.3. The third-order valence-electron chi connectivity index (χ3n) is 4.55.